The maximum absolute atomic E-state index is 5.15. The van der Waals surface area contributed by atoms with Gasteiger partial charge in [0.2, 0.25) is 0 Å². The summed E-state index contributed by atoms with van der Waals surface area (Å²) in [6.07, 6.45) is 0.898. The topological polar surface area (TPSA) is 34.2 Å². The number of fused-ring (bicyclic) bond motifs is 1. The Hall–Kier alpha value is -1.61. The Morgan fingerprint density at radius 1 is 1.33 bits per heavy atom. The Morgan fingerprint density at radius 2 is 2.17 bits per heavy atom. The summed E-state index contributed by atoms with van der Waals surface area (Å²) in [4.78, 5) is 4.75. The maximum Gasteiger partial charge on any atom is 0.129 e. The Morgan fingerprint density at radius 3 is 2.89 bits per heavy atom. The Labute approximate surface area is 108 Å². The van der Waals surface area contributed by atoms with Gasteiger partial charge in [-0.15, -0.1) is 0 Å². The molecule has 0 spiro atoms. The molecule has 18 heavy (non-hydrogen) atoms. The summed E-state index contributed by atoms with van der Waals surface area (Å²) in [7, 11) is 1.73. The first-order chi connectivity index (χ1) is 8.76. The van der Waals surface area contributed by atoms with Crippen LogP contribution in [-0.4, -0.2) is 25.2 Å². The van der Waals surface area contributed by atoms with Crippen molar-refractivity contribution in [3.8, 4) is 0 Å². The van der Waals surface area contributed by atoms with E-state index in [0.29, 0.717) is 0 Å². The van der Waals surface area contributed by atoms with Gasteiger partial charge >= 0.3 is 0 Å². The zero-order chi connectivity index (χ0) is 13.0. The first-order valence-corrected chi connectivity index (χ1v) is 6.38. The quantitative estimate of drug-likeness (QED) is 0.877. The summed E-state index contributed by atoms with van der Waals surface area (Å²) in [6.45, 7) is 5.79. The second-order valence-electron chi connectivity index (χ2n) is 4.42. The number of benzene rings is 1. The summed E-state index contributed by atoms with van der Waals surface area (Å²) in [5.74, 6) is 0.981. The third-order valence-electron chi connectivity index (χ3n) is 3.04. The van der Waals surface area contributed by atoms with Gasteiger partial charge in [0.1, 0.15) is 5.82 Å². The Kier molecular flexibility index (Phi) is 4.15. The van der Waals surface area contributed by atoms with Gasteiger partial charge in [-0.05, 0) is 37.5 Å². The number of nitrogens with zero attached hydrogens (tertiary/aromatic N) is 1. The van der Waals surface area contributed by atoms with Crippen LogP contribution in [0.1, 0.15) is 18.1 Å². The molecule has 0 fully saturated rings. The van der Waals surface area contributed by atoms with E-state index in [-0.39, 0.29) is 0 Å². The number of hydrogen-bond acceptors (Lipinski definition) is 3. The summed E-state index contributed by atoms with van der Waals surface area (Å²) in [6, 6.07) is 8.51. The molecule has 1 aromatic carbocycles. The number of para-hydroxylation sites is 1. The number of ether oxygens (including phenoxy) is 1. The highest BCUT2D eigenvalue weighted by Gasteiger charge is 2.06. The molecule has 1 aromatic heterocycles. The maximum atomic E-state index is 5.15. The van der Waals surface area contributed by atoms with Crippen LogP contribution in [-0.2, 0) is 11.2 Å². The van der Waals surface area contributed by atoms with Crippen LogP contribution in [0, 0.1) is 6.92 Å². The number of aryl methyl sites for hydroxylation is 1. The molecule has 0 radical (unpaired) electrons. The fourth-order valence-electron chi connectivity index (χ4n) is 2.13. The predicted molar refractivity (Wildman–Crippen MR) is 76.2 cm³/mol. The zero-order valence-corrected chi connectivity index (χ0v) is 11.3. The average molecular weight is 244 g/mol. The molecule has 0 aliphatic heterocycles. The highest BCUT2D eigenvalue weighted by atomic mass is 16.5. The van der Waals surface area contributed by atoms with Crippen LogP contribution >= 0.6 is 0 Å². The predicted octanol–water partition coefficient (Wildman–Crippen LogP) is 3.16. The lowest BCUT2D eigenvalue weighted by Gasteiger charge is -2.11. The first kappa shape index (κ1) is 12.8. The van der Waals surface area contributed by atoms with Crippen molar-refractivity contribution in [3.63, 3.8) is 0 Å². The number of rotatable bonds is 5. The highest BCUT2D eigenvalue weighted by molar-refractivity contribution is 5.84. The van der Waals surface area contributed by atoms with Crippen molar-refractivity contribution >= 4 is 16.7 Å². The number of nitrogens with one attached hydrogen (secondary N) is 1. The number of hydrogen-bond donors (Lipinski definition) is 1. The lowest BCUT2D eigenvalue weighted by Crippen LogP contribution is -2.03. The molecule has 3 heteroatoms. The van der Waals surface area contributed by atoms with Crippen molar-refractivity contribution in [2.24, 2.45) is 0 Å². The van der Waals surface area contributed by atoms with Crippen LogP contribution in [0.2, 0.25) is 0 Å². The van der Waals surface area contributed by atoms with Crippen LogP contribution < -0.4 is 5.32 Å². The number of pyridine rings is 1. The van der Waals surface area contributed by atoms with Gasteiger partial charge in [0.15, 0.2) is 0 Å². The molecule has 0 bridgehead atoms. The largest absolute Gasteiger partial charge is 0.384 e. The molecular weight excluding hydrogens is 224 g/mol. The second kappa shape index (κ2) is 5.83. The van der Waals surface area contributed by atoms with Gasteiger partial charge in [-0.1, -0.05) is 18.2 Å². The normalized spacial score (nSPS) is 10.8. The van der Waals surface area contributed by atoms with Gasteiger partial charge in [0.25, 0.3) is 0 Å². The van der Waals surface area contributed by atoms with E-state index in [1.807, 2.05) is 0 Å². The van der Waals surface area contributed by atoms with Crippen molar-refractivity contribution < 1.29 is 4.74 Å². The molecular formula is C15H20N2O. The average Bonchev–Trinajstić information content (AvgIpc) is 2.37. The summed E-state index contributed by atoms with van der Waals surface area (Å²) >= 11 is 0. The van der Waals surface area contributed by atoms with E-state index in [9.17, 15) is 0 Å². The number of anilines is 1. The standard InChI is InChI=1S/C15H20N2O/c1-4-16-15-11(2)10-13-7-5-6-12(8-9-18-3)14(13)17-15/h5-7,10H,4,8-9H2,1-3H3,(H,16,17). The third-order valence-corrected chi connectivity index (χ3v) is 3.04. The van der Waals surface area contributed by atoms with Crippen LogP contribution in [0.15, 0.2) is 24.3 Å². The van der Waals surface area contributed by atoms with E-state index in [0.717, 1.165) is 30.9 Å². The number of methoxy groups -OCH3 is 1. The van der Waals surface area contributed by atoms with E-state index in [1.54, 1.807) is 7.11 Å². The van der Waals surface area contributed by atoms with E-state index in [2.05, 4.69) is 43.4 Å². The Bertz CT molecular complexity index is 537. The minimum absolute atomic E-state index is 0.727. The van der Waals surface area contributed by atoms with Crippen molar-refractivity contribution in [1.82, 2.24) is 4.98 Å². The summed E-state index contributed by atoms with van der Waals surface area (Å²) < 4.78 is 5.15. The Balaban J connectivity index is 2.48. The molecule has 2 rings (SSSR count). The van der Waals surface area contributed by atoms with Gasteiger partial charge in [-0.2, -0.15) is 0 Å². The van der Waals surface area contributed by atoms with Crippen LogP contribution in [0.25, 0.3) is 10.9 Å². The molecule has 0 aliphatic rings. The highest BCUT2D eigenvalue weighted by Crippen LogP contribution is 2.23. The van der Waals surface area contributed by atoms with Crippen molar-refractivity contribution in [2.45, 2.75) is 20.3 Å². The fraction of sp³-hybridized carbons (Fsp3) is 0.400. The van der Waals surface area contributed by atoms with Gasteiger partial charge in [-0.25, -0.2) is 4.98 Å². The fourth-order valence-corrected chi connectivity index (χ4v) is 2.13. The van der Waals surface area contributed by atoms with Crippen molar-refractivity contribution in [1.29, 1.82) is 0 Å². The van der Waals surface area contributed by atoms with Crippen molar-refractivity contribution in [2.75, 3.05) is 25.6 Å². The molecule has 0 amide bonds. The molecule has 96 valence electrons. The van der Waals surface area contributed by atoms with Gasteiger partial charge in [0, 0.05) is 19.0 Å². The van der Waals surface area contributed by atoms with E-state index in [1.165, 1.54) is 16.5 Å². The van der Waals surface area contributed by atoms with Crippen LogP contribution in [0.4, 0.5) is 5.82 Å². The first-order valence-electron chi connectivity index (χ1n) is 6.38. The van der Waals surface area contributed by atoms with E-state index >= 15 is 0 Å². The molecule has 0 saturated heterocycles. The SMILES string of the molecule is CCNc1nc2c(CCOC)cccc2cc1C. The van der Waals surface area contributed by atoms with Gasteiger partial charge in [-0.3, -0.25) is 0 Å². The molecule has 0 atom stereocenters. The minimum Gasteiger partial charge on any atom is -0.384 e. The lowest BCUT2D eigenvalue weighted by molar-refractivity contribution is 0.202. The smallest absolute Gasteiger partial charge is 0.129 e. The van der Waals surface area contributed by atoms with Gasteiger partial charge in [0.05, 0.1) is 12.1 Å². The molecule has 1 heterocycles. The third kappa shape index (κ3) is 2.62. The van der Waals surface area contributed by atoms with Crippen molar-refractivity contribution in [3.05, 3.63) is 35.4 Å². The molecule has 1 N–H and O–H groups in total. The molecule has 0 aliphatic carbocycles. The molecule has 3 nitrogen and oxygen atoms in total. The van der Waals surface area contributed by atoms with Crippen LogP contribution in [0.3, 0.4) is 0 Å². The molecule has 0 unspecified atom stereocenters. The molecule has 2 aromatic rings. The van der Waals surface area contributed by atoms with E-state index in [4.69, 9.17) is 9.72 Å². The summed E-state index contributed by atoms with van der Waals surface area (Å²) in [5, 5.41) is 4.51. The van der Waals surface area contributed by atoms with Gasteiger partial charge < -0.3 is 10.1 Å². The number of aromatic nitrogens is 1. The second-order valence-corrected chi connectivity index (χ2v) is 4.42. The monoisotopic (exact) mass is 244 g/mol. The zero-order valence-electron chi connectivity index (χ0n) is 11.3. The molecule has 0 saturated carbocycles. The van der Waals surface area contributed by atoms with E-state index < -0.39 is 0 Å². The lowest BCUT2D eigenvalue weighted by atomic mass is 10.1. The summed E-state index contributed by atoms with van der Waals surface area (Å²) in [5.41, 5.74) is 3.51. The minimum atomic E-state index is 0.727. The van der Waals surface area contributed by atoms with Crippen LogP contribution in [0.5, 0.6) is 0 Å².